The van der Waals surface area contributed by atoms with Crippen LogP contribution in [0, 0.1) is 11.6 Å². The van der Waals surface area contributed by atoms with Gasteiger partial charge in [0.15, 0.2) is 11.6 Å². The molecule has 1 aliphatic rings. The molecule has 2 amide bonds. The minimum absolute atomic E-state index is 0.108. The summed E-state index contributed by atoms with van der Waals surface area (Å²) in [4.78, 5) is 25.1. The molecule has 1 aromatic rings. The van der Waals surface area contributed by atoms with Crippen LogP contribution in [-0.4, -0.2) is 45.7 Å². The predicted molar refractivity (Wildman–Crippen MR) is 64.1 cm³/mol. The molecule has 0 aliphatic carbocycles. The van der Waals surface area contributed by atoms with Crippen LogP contribution >= 0.6 is 0 Å². The number of benzene rings is 1. The Morgan fingerprint density at radius 2 is 1.45 bits per heavy atom. The molecule has 0 aromatic heterocycles. The van der Waals surface area contributed by atoms with Crippen molar-refractivity contribution in [2.45, 2.75) is 18.9 Å². The van der Waals surface area contributed by atoms with E-state index in [2.05, 4.69) is 0 Å². The van der Waals surface area contributed by atoms with Gasteiger partial charge in [0.05, 0.1) is 29.9 Å². The number of nitrogens with zero attached hydrogens (tertiary/aromatic N) is 1. The third-order valence-electron chi connectivity index (χ3n) is 3.65. The Bertz CT molecular complexity index is 535. The fraction of sp³-hybridized carbons (Fsp3) is 0.385. The number of halogens is 2. The number of aliphatic hydroxyl groups excluding tert-OH is 2. The first-order valence-electron chi connectivity index (χ1n) is 6.01. The predicted octanol–water partition coefficient (Wildman–Crippen LogP) is 0.694. The molecule has 2 rings (SSSR count). The molecule has 1 aromatic carbocycles. The zero-order chi connectivity index (χ0) is 15.1. The van der Waals surface area contributed by atoms with Gasteiger partial charge in [0.25, 0.3) is 11.8 Å². The van der Waals surface area contributed by atoms with Crippen molar-refractivity contribution >= 4 is 11.8 Å². The molecule has 20 heavy (non-hydrogen) atoms. The van der Waals surface area contributed by atoms with Gasteiger partial charge in [0.2, 0.25) is 0 Å². The van der Waals surface area contributed by atoms with E-state index < -0.39 is 42.2 Å². The average molecular weight is 285 g/mol. The number of hydrogen-bond donors (Lipinski definition) is 2. The van der Waals surface area contributed by atoms with Gasteiger partial charge >= 0.3 is 0 Å². The number of aliphatic hydroxyl groups is 2. The highest BCUT2D eigenvalue weighted by Gasteiger charge is 2.48. The topological polar surface area (TPSA) is 77.8 Å². The Morgan fingerprint density at radius 3 is 1.75 bits per heavy atom. The molecular formula is C13H13F2NO4. The quantitative estimate of drug-likeness (QED) is 0.798. The Labute approximate surface area is 113 Å². The molecule has 5 nitrogen and oxygen atoms in total. The van der Waals surface area contributed by atoms with Gasteiger partial charge in [-0.2, -0.15) is 0 Å². The van der Waals surface area contributed by atoms with Crippen molar-refractivity contribution in [3.8, 4) is 0 Å². The van der Waals surface area contributed by atoms with E-state index in [4.69, 9.17) is 0 Å². The third kappa shape index (κ3) is 1.82. The van der Waals surface area contributed by atoms with Gasteiger partial charge in [0, 0.05) is 0 Å². The Hall–Kier alpha value is -1.86. The maximum Gasteiger partial charge on any atom is 0.262 e. The smallest absolute Gasteiger partial charge is 0.262 e. The van der Waals surface area contributed by atoms with E-state index in [1.165, 1.54) is 0 Å². The van der Waals surface area contributed by atoms with E-state index in [-0.39, 0.29) is 17.5 Å². The van der Waals surface area contributed by atoms with Crippen molar-refractivity contribution in [2.24, 2.45) is 0 Å². The first-order valence-corrected chi connectivity index (χ1v) is 6.01. The second-order valence-electron chi connectivity index (χ2n) is 4.65. The molecule has 1 heterocycles. The van der Waals surface area contributed by atoms with E-state index in [0.717, 1.165) is 0 Å². The lowest BCUT2D eigenvalue weighted by Gasteiger charge is -2.36. The summed E-state index contributed by atoms with van der Waals surface area (Å²) in [6.07, 6.45) is 0.108. The summed E-state index contributed by atoms with van der Waals surface area (Å²) in [7, 11) is 0. The van der Waals surface area contributed by atoms with E-state index in [9.17, 15) is 28.6 Å². The maximum absolute atomic E-state index is 13.2. The molecule has 0 spiro atoms. The number of imide groups is 1. The molecule has 0 fully saturated rings. The Kier molecular flexibility index (Phi) is 3.58. The van der Waals surface area contributed by atoms with Gasteiger partial charge in [-0.15, -0.1) is 0 Å². The summed E-state index contributed by atoms with van der Waals surface area (Å²) in [6.45, 7) is 0.296. The normalized spacial score (nSPS) is 14.9. The number of carbonyl (C=O) groups is 2. The van der Waals surface area contributed by atoms with Crippen LogP contribution in [-0.2, 0) is 0 Å². The van der Waals surface area contributed by atoms with Crippen molar-refractivity contribution in [2.75, 3.05) is 13.2 Å². The van der Waals surface area contributed by atoms with Gasteiger partial charge in [-0.1, -0.05) is 6.92 Å². The second-order valence-corrected chi connectivity index (χ2v) is 4.65. The van der Waals surface area contributed by atoms with Crippen molar-refractivity contribution in [1.82, 2.24) is 4.90 Å². The van der Waals surface area contributed by atoms with E-state index in [1.807, 2.05) is 0 Å². The zero-order valence-corrected chi connectivity index (χ0v) is 10.7. The molecule has 0 bridgehead atoms. The molecule has 0 saturated heterocycles. The van der Waals surface area contributed by atoms with Crippen LogP contribution in [0.3, 0.4) is 0 Å². The largest absolute Gasteiger partial charge is 0.394 e. The Balaban J connectivity index is 2.57. The number of rotatable bonds is 4. The van der Waals surface area contributed by atoms with Crippen molar-refractivity contribution in [3.63, 3.8) is 0 Å². The first-order chi connectivity index (χ1) is 9.41. The first kappa shape index (κ1) is 14.5. The minimum Gasteiger partial charge on any atom is -0.394 e. The second kappa shape index (κ2) is 4.92. The summed E-state index contributed by atoms with van der Waals surface area (Å²) in [6, 6.07) is 1.31. The Morgan fingerprint density at radius 1 is 1.05 bits per heavy atom. The fourth-order valence-corrected chi connectivity index (χ4v) is 2.24. The number of hydrogen-bond acceptors (Lipinski definition) is 4. The zero-order valence-electron chi connectivity index (χ0n) is 10.7. The summed E-state index contributed by atoms with van der Waals surface area (Å²) in [5.74, 6) is -4.17. The van der Waals surface area contributed by atoms with Crippen LogP contribution in [0.25, 0.3) is 0 Å². The maximum atomic E-state index is 13.2. The lowest BCUT2D eigenvalue weighted by atomic mass is 9.96. The molecule has 2 N–H and O–H groups in total. The van der Waals surface area contributed by atoms with Crippen LogP contribution in [0.5, 0.6) is 0 Å². The molecule has 0 atom stereocenters. The van der Waals surface area contributed by atoms with Crippen LogP contribution < -0.4 is 0 Å². The summed E-state index contributed by atoms with van der Waals surface area (Å²) in [5, 5.41) is 18.8. The van der Waals surface area contributed by atoms with Crippen molar-refractivity contribution < 1.29 is 28.6 Å². The van der Waals surface area contributed by atoms with E-state index in [0.29, 0.717) is 17.0 Å². The highest BCUT2D eigenvalue weighted by Crippen LogP contribution is 2.32. The fourth-order valence-electron chi connectivity index (χ4n) is 2.24. The SMILES string of the molecule is CCC(CO)(CO)N1C(=O)c2cc(F)c(F)cc2C1=O. The monoisotopic (exact) mass is 285 g/mol. The van der Waals surface area contributed by atoms with Crippen molar-refractivity contribution in [3.05, 3.63) is 34.9 Å². The molecule has 0 radical (unpaired) electrons. The molecular weight excluding hydrogens is 272 g/mol. The standard InChI is InChI=1S/C13H13F2NO4/c1-2-13(5-17,6-18)16-11(19)7-3-9(14)10(15)4-8(7)12(16)20/h3-4,17-18H,2,5-6H2,1H3. The summed E-state index contributed by atoms with van der Waals surface area (Å²) in [5.41, 5.74) is -2.03. The van der Waals surface area contributed by atoms with Gasteiger partial charge in [0.1, 0.15) is 0 Å². The minimum atomic E-state index is -1.49. The molecule has 0 unspecified atom stereocenters. The van der Waals surface area contributed by atoms with Gasteiger partial charge in [-0.3, -0.25) is 14.5 Å². The van der Waals surface area contributed by atoms with Gasteiger partial charge in [-0.25, -0.2) is 8.78 Å². The van der Waals surface area contributed by atoms with Crippen LogP contribution in [0.15, 0.2) is 12.1 Å². The molecule has 108 valence electrons. The number of fused-ring (bicyclic) bond motifs is 1. The van der Waals surface area contributed by atoms with E-state index in [1.54, 1.807) is 6.92 Å². The third-order valence-corrected chi connectivity index (χ3v) is 3.65. The lowest BCUT2D eigenvalue weighted by molar-refractivity contribution is 0.000313. The highest BCUT2D eigenvalue weighted by molar-refractivity contribution is 6.21. The summed E-state index contributed by atoms with van der Waals surface area (Å²) < 4.78 is 26.4. The average Bonchev–Trinajstić information content (AvgIpc) is 2.67. The van der Waals surface area contributed by atoms with Crippen molar-refractivity contribution in [1.29, 1.82) is 0 Å². The van der Waals surface area contributed by atoms with Crippen LogP contribution in [0.4, 0.5) is 8.78 Å². The number of amides is 2. The van der Waals surface area contributed by atoms with Crippen LogP contribution in [0.1, 0.15) is 34.1 Å². The summed E-state index contributed by atoms with van der Waals surface area (Å²) >= 11 is 0. The number of carbonyl (C=O) groups excluding carboxylic acids is 2. The van der Waals surface area contributed by atoms with Gasteiger partial charge in [-0.05, 0) is 18.6 Å². The molecule has 0 saturated carbocycles. The molecule has 1 aliphatic heterocycles. The van der Waals surface area contributed by atoms with Gasteiger partial charge < -0.3 is 10.2 Å². The van der Waals surface area contributed by atoms with E-state index >= 15 is 0 Å². The molecule has 7 heteroatoms. The lowest BCUT2D eigenvalue weighted by Crippen LogP contribution is -2.56. The van der Waals surface area contributed by atoms with Crippen LogP contribution in [0.2, 0.25) is 0 Å². The highest BCUT2D eigenvalue weighted by atomic mass is 19.2.